The molecule has 1 heterocycles. The molecule has 76 valence electrons. The highest BCUT2D eigenvalue weighted by Crippen LogP contribution is 2.06. The molecule has 0 aliphatic heterocycles. The molecule has 0 amide bonds. The Hall–Kier alpha value is -1.69. The summed E-state index contributed by atoms with van der Waals surface area (Å²) in [5.74, 6) is -0.876. The molecule has 0 aliphatic carbocycles. The van der Waals surface area contributed by atoms with Crippen LogP contribution >= 0.6 is 0 Å². The minimum absolute atomic E-state index is 0.0904. The maximum Gasteiger partial charge on any atom is 0.354 e. The predicted octanol–water partition coefficient (Wildman–Crippen LogP) is 0.200. The van der Waals surface area contributed by atoms with Gasteiger partial charge in [0.1, 0.15) is 12.9 Å². The van der Waals surface area contributed by atoms with Gasteiger partial charge in [-0.1, -0.05) is 0 Å². The van der Waals surface area contributed by atoms with Gasteiger partial charge in [0.25, 0.3) is 0 Å². The first kappa shape index (κ1) is 10.4. The summed E-state index contributed by atoms with van der Waals surface area (Å²) in [6.45, 7) is 0.749. The first-order valence-electron chi connectivity index (χ1n) is 3.91. The van der Waals surface area contributed by atoms with E-state index in [1.807, 2.05) is 0 Å². The molecule has 0 aromatic carbocycles. The van der Waals surface area contributed by atoms with Gasteiger partial charge < -0.3 is 14.6 Å². The molecule has 0 bridgehead atoms. The lowest BCUT2D eigenvalue weighted by atomic mass is 10.4. The van der Waals surface area contributed by atoms with Crippen LogP contribution in [0.1, 0.15) is 10.5 Å². The highest BCUT2D eigenvalue weighted by Gasteiger charge is 2.06. The quantitative estimate of drug-likeness (QED) is 0.680. The molecule has 6 heteroatoms. The second kappa shape index (κ2) is 5.13. The molecular weight excluding hydrogens is 188 g/mol. The molecule has 1 aromatic heterocycles. The maximum absolute atomic E-state index is 10.5. The summed E-state index contributed by atoms with van der Waals surface area (Å²) >= 11 is 0. The van der Waals surface area contributed by atoms with Gasteiger partial charge in [-0.05, 0) is 0 Å². The van der Waals surface area contributed by atoms with Gasteiger partial charge >= 0.3 is 5.97 Å². The van der Waals surface area contributed by atoms with Crippen molar-refractivity contribution < 1.29 is 19.4 Å². The first-order chi connectivity index (χ1) is 6.74. The summed E-state index contributed by atoms with van der Waals surface area (Å²) in [6.07, 6.45) is 1.14. The molecule has 14 heavy (non-hydrogen) atoms. The number of aromatic nitrogens is 2. The Balaban J connectivity index is 2.59. The van der Waals surface area contributed by atoms with Gasteiger partial charge in [-0.15, -0.1) is 0 Å². The van der Waals surface area contributed by atoms with Crippen molar-refractivity contribution >= 4 is 5.97 Å². The van der Waals surface area contributed by atoms with E-state index in [0.29, 0.717) is 13.2 Å². The molecular formula is C8H10N2O4. The minimum atomic E-state index is -1.11. The van der Waals surface area contributed by atoms with Crippen LogP contribution in [0.15, 0.2) is 12.4 Å². The molecule has 1 rings (SSSR count). The molecule has 0 unspecified atom stereocenters. The highest BCUT2D eigenvalue weighted by atomic mass is 16.5. The number of carbonyl (C=O) groups is 1. The topological polar surface area (TPSA) is 81.5 Å². The maximum atomic E-state index is 10.5. The van der Waals surface area contributed by atoms with Crippen molar-refractivity contribution in [2.24, 2.45) is 0 Å². The van der Waals surface area contributed by atoms with Crippen molar-refractivity contribution in [3.63, 3.8) is 0 Å². The van der Waals surface area contributed by atoms with Crippen LogP contribution < -0.4 is 4.74 Å². The van der Waals surface area contributed by atoms with Crippen LogP contribution in [0.2, 0.25) is 0 Å². The average Bonchev–Trinajstić information content (AvgIpc) is 2.19. The monoisotopic (exact) mass is 198 g/mol. The Morgan fingerprint density at radius 2 is 2.29 bits per heavy atom. The zero-order valence-corrected chi connectivity index (χ0v) is 7.64. The SMILES string of the molecule is COCCOc1cc(C(=O)O)ncn1. The summed E-state index contributed by atoms with van der Waals surface area (Å²) in [5, 5.41) is 8.61. The number of carboxylic acid groups (broad SMARTS) is 1. The van der Waals surface area contributed by atoms with E-state index in [2.05, 4.69) is 9.97 Å². The second-order valence-electron chi connectivity index (χ2n) is 2.39. The van der Waals surface area contributed by atoms with Crippen LogP contribution in [0.5, 0.6) is 5.88 Å². The van der Waals surface area contributed by atoms with Gasteiger partial charge in [0.05, 0.1) is 6.61 Å². The molecule has 0 radical (unpaired) electrons. The number of rotatable bonds is 5. The van der Waals surface area contributed by atoms with Gasteiger partial charge in [-0.25, -0.2) is 14.8 Å². The Morgan fingerprint density at radius 1 is 1.50 bits per heavy atom. The number of hydrogen-bond acceptors (Lipinski definition) is 5. The molecule has 1 N–H and O–H groups in total. The lowest BCUT2D eigenvalue weighted by Crippen LogP contribution is -2.07. The number of methoxy groups -OCH3 is 1. The van der Waals surface area contributed by atoms with Crippen molar-refractivity contribution in [2.75, 3.05) is 20.3 Å². The largest absolute Gasteiger partial charge is 0.477 e. The van der Waals surface area contributed by atoms with Crippen molar-refractivity contribution in [1.82, 2.24) is 9.97 Å². The first-order valence-corrected chi connectivity index (χ1v) is 3.91. The normalized spacial score (nSPS) is 9.79. The van der Waals surface area contributed by atoms with Gasteiger partial charge in [0.2, 0.25) is 5.88 Å². The summed E-state index contributed by atoms with van der Waals surface area (Å²) < 4.78 is 9.85. The third-order valence-electron chi connectivity index (χ3n) is 1.40. The molecule has 0 saturated carbocycles. The van der Waals surface area contributed by atoms with Crippen molar-refractivity contribution in [1.29, 1.82) is 0 Å². The second-order valence-corrected chi connectivity index (χ2v) is 2.39. The number of hydrogen-bond donors (Lipinski definition) is 1. The third kappa shape index (κ3) is 2.98. The van der Waals surface area contributed by atoms with E-state index < -0.39 is 5.97 Å². The van der Waals surface area contributed by atoms with Crippen LogP contribution in [0.4, 0.5) is 0 Å². The number of aromatic carboxylic acids is 1. The van der Waals surface area contributed by atoms with E-state index in [9.17, 15) is 4.79 Å². The lowest BCUT2D eigenvalue weighted by Gasteiger charge is -2.03. The summed E-state index contributed by atoms with van der Waals surface area (Å²) in [6, 6.07) is 1.26. The molecule has 0 aliphatic rings. The van der Waals surface area contributed by atoms with Crippen molar-refractivity contribution in [3.05, 3.63) is 18.1 Å². The van der Waals surface area contributed by atoms with E-state index in [0.717, 1.165) is 6.33 Å². The zero-order chi connectivity index (χ0) is 10.4. The van der Waals surface area contributed by atoms with Gasteiger partial charge in [0, 0.05) is 13.2 Å². The third-order valence-corrected chi connectivity index (χ3v) is 1.40. The summed E-state index contributed by atoms with van der Waals surface area (Å²) in [4.78, 5) is 17.8. The van der Waals surface area contributed by atoms with Gasteiger partial charge in [-0.3, -0.25) is 0 Å². The van der Waals surface area contributed by atoms with Crippen LogP contribution in [0, 0.1) is 0 Å². The lowest BCUT2D eigenvalue weighted by molar-refractivity contribution is 0.0689. The Labute approximate surface area is 80.5 Å². The smallest absolute Gasteiger partial charge is 0.354 e. The average molecular weight is 198 g/mol. The number of carboxylic acids is 1. The van der Waals surface area contributed by atoms with E-state index in [4.69, 9.17) is 14.6 Å². The van der Waals surface area contributed by atoms with Crippen LogP contribution in [0.25, 0.3) is 0 Å². The van der Waals surface area contributed by atoms with Crippen LogP contribution in [-0.2, 0) is 4.74 Å². The standard InChI is InChI=1S/C8H10N2O4/c1-13-2-3-14-7-4-6(8(11)12)9-5-10-7/h4-5H,2-3H2,1H3,(H,11,12). The zero-order valence-electron chi connectivity index (χ0n) is 7.64. The fourth-order valence-corrected chi connectivity index (χ4v) is 0.765. The van der Waals surface area contributed by atoms with Crippen LogP contribution in [0.3, 0.4) is 0 Å². The van der Waals surface area contributed by atoms with Crippen LogP contribution in [-0.4, -0.2) is 41.4 Å². The summed E-state index contributed by atoms with van der Waals surface area (Å²) in [5.41, 5.74) is -0.0904. The van der Waals surface area contributed by atoms with Gasteiger partial charge in [-0.2, -0.15) is 0 Å². The Bertz CT molecular complexity index is 316. The summed E-state index contributed by atoms with van der Waals surface area (Å²) in [7, 11) is 1.55. The number of ether oxygens (including phenoxy) is 2. The predicted molar refractivity (Wildman–Crippen MR) is 46.4 cm³/mol. The highest BCUT2D eigenvalue weighted by molar-refractivity contribution is 5.85. The van der Waals surface area contributed by atoms with E-state index in [-0.39, 0.29) is 11.6 Å². The molecule has 0 saturated heterocycles. The minimum Gasteiger partial charge on any atom is -0.477 e. The van der Waals surface area contributed by atoms with Crippen molar-refractivity contribution in [3.8, 4) is 5.88 Å². The molecule has 0 fully saturated rings. The fraction of sp³-hybridized carbons (Fsp3) is 0.375. The van der Waals surface area contributed by atoms with Crippen molar-refractivity contribution in [2.45, 2.75) is 0 Å². The molecule has 6 nitrogen and oxygen atoms in total. The Kier molecular flexibility index (Phi) is 3.81. The molecule has 0 atom stereocenters. The van der Waals surface area contributed by atoms with E-state index in [1.165, 1.54) is 6.07 Å². The van der Waals surface area contributed by atoms with E-state index >= 15 is 0 Å². The van der Waals surface area contributed by atoms with E-state index in [1.54, 1.807) is 7.11 Å². The number of nitrogens with zero attached hydrogens (tertiary/aromatic N) is 2. The molecule has 0 spiro atoms. The Morgan fingerprint density at radius 3 is 2.93 bits per heavy atom. The van der Waals surface area contributed by atoms with Gasteiger partial charge in [0.15, 0.2) is 5.69 Å². The fourth-order valence-electron chi connectivity index (χ4n) is 0.765. The molecule has 1 aromatic rings.